The molecule has 0 saturated heterocycles. The standard InChI is InChI=1S/C19H27N3O4/c1-12-9-15(19(4,5)6)7-8-17(12)26-11-16(23)10-21-14(3)18(22(24)25)13(2)20-21/h7-9,16,23H,10-11H2,1-6H3. The van der Waals surface area contributed by atoms with E-state index in [-0.39, 0.29) is 24.3 Å². The summed E-state index contributed by atoms with van der Waals surface area (Å²) in [4.78, 5) is 10.6. The Morgan fingerprint density at radius 3 is 2.46 bits per heavy atom. The first-order chi connectivity index (χ1) is 12.0. The molecule has 1 aromatic carbocycles. The minimum Gasteiger partial charge on any atom is -0.491 e. The Balaban J connectivity index is 2.03. The molecule has 0 bridgehead atoms. The second-order valence-corrected chi connectivity index (χ2v) is 7.65. The van der Waals surface area contributed by atoms with Crippen molar-refractivity contribution in [1.82, 2.24) is 9.78 Å². The Bertz CT molecular complexity index is 806. The lowest BCUT2D eigenvalue weighted by Gasteiger charge is -2.21. The summed E-state index contributed by atoms with van der Waals surface area (Å²) in [7, 11) is 0. The van der Waals surface area contributed by atoms with Crippen molar-refractivity contribution in [2.75, 3.05) is 6.61 Å². The van der Waals surface area contributed by atoms with Gasteiger partial charge in [-0.15, -0.1) is 0 Å². The molecule has 1 atom stereocenters. The molecular weight excluding hydrogens is 334 g/mol. The van der Waals surface area contributed by atoms with Crippen molar-refractivity contribution in [2.24, 2.45) is 0 Å². The molecule has 2 aromatic rings. The van der Waals surface area contributed by atoms with E-state index >= 15 is 0 Å². The Kier molecular flexibility index (Phi) is 5.71. The second kappa shape index (κ2) is 7.45. The maximum atomic E-state index is 11.1. The van der Waals surface area contributed by atoms with Gasteiger partial charge in [0.1, 0.15) is 29.8 Å². The molecule has 7 heteroatoms. The molecule has 0 radical (unpaired) electrons. The third-order valence-corrected chi connectivity index (χ3v) is 4.38. The van der Waals surface area contributed by atoms with Crippen LogP contribution in [-0.2, 0) is 12.0 Å². The minimum absolute atomic E-state index is 0.00766. The molecule has 0 spiro atoms. The number of aliphatic hydroxyl groups excluding tert-OH is 1. The van der Waals surface area contributed by atoms with Gasteiger partial charge in [-0.2, -0.15) is 5.10 Å². The van der Waals surface area contributed by atoms with E-state index in [4.69, 9.17) is 4.74 Å². The Hall–Kier alpha value is -2.41. The van der Waals surface area contributed by atoms with Gasteiger partial charge in [0.2, 0.25) is 0 Å². The van der Waals surface area contributed by atoms with Crippen LogP contribution in [0.2, 0.25) is 0 Å². The predicted molar refractivity (Wildman–Crippen MR) is 99.7 cm³/mol. The normalized spacial score (nSPS) is 12.9. The SMILES string of the molecule is Cc1cc(C(C)(C)C)ccc1OCC(O)Cn1nc(C)c([N+](=O)[O-])c1C. The molecule has 1 aromatic heterocycles. The van der Waals surface area contributed by atoms with Crippen molar-refractivity contribution in [2.45, 2.75) is 59.6 Å². The maximum absolute atomic E-state index is 11.1. The number of nitro groups is 1. The van der Waals surface area contributed by atoms with Crippen LogP contribution in [0, 0.1) is 30.9 Å². The van der Waals surface area contributed by atoms with Crippen molar-refractivity contribution in [3.05, 3.63) is 50.8 Å². The van der Waals surface area contributed by atoms with Crippen LogP contribution in [0.4, 0.5) is 5.69 Å². The molecule has 26 heavy (non-hydrogen) atoms. The van der Waals surface area contributed by atoms with Gasteiger partial charge < -0.3 is 9.84 Å². The fraction of sp³-hybridized carbons (Fsp3) is 0.526. The first kappa shape index (κ1) is 19.9. The van der Waals surface area contributed by atoms with E-state index < -0.39 is 11.0 Å². The topological polar surface area (TPSA) is 90.4 Å². The van der Waals surface area contributed by atoms with E-state index in [0.29, 0.717) is 11.4 Å². The lowest BCUT2D eigenvalue weighted by molar-refractivity contribution is -0.386. The van der Waals surface area contributed by atoms with Gasteiger partial charge >= 0.3 is 5.69 Å². The van der Waals surface area contributed by atoms with Crippen LogP contribution in [-0.4, -0.2) is 32.5 Å². The van der Waals surface area contributed by atoms with E-state index in [1.165, 1.54) is 10.2 Å². The van der Waals surface area contributed by atoms with E-state index in [0.717, 1.165) is 11.3 Å². The van der Waals surface area contributed by atoms with Crippen LogP contribution in [0.25, 0.3) is 0 Å². The monoisotopic (exact) mass is 361 g/mol. The number of aliphatic hydroxyl groups is 1. The lowest BCUT2D eigenvalue weighted by atomic mass is 9.86. The smallest absolute Gasteiger partial charge is 0.312 e. The average molecular weight is 361 g/mol. The maximum Gasteiger partial charge on any atom is 0.312 e. The number of benzene rings is 1. The molecular formula is C19H27N3O4. The first-order valence-corrected chi connectivity index (χ1v) is 8.61. The summed E-state index contributed by atoms with van der Waals surface area (Å²) in [5, 5.41) is 25.4. The van der Waals surface area contributed by atoms with Gasteiger partial charge in [-0.05, 0) is 43.4 Å². The van der Waals surface area contributed by atoms with Gasteiger partial charge in [0.15, 0.2) is 0 Å². The third-order valence-electron chi connectivity index (χ3n) is 4.38. The minimum atomic E-state index is -0.825. The Labute approximate surface area is 153 Å². The Morgan fingerprint density at radius 1 is 1.31 bits per heavy atom. The van der Waals surface area contributed by atoms with Crippen LogP contribution >= 0.6 is 0 Å². The second-order valence-electron chi connectivity index (χ2n) is 7.65. The largest absolute Gasteiger partial charge is 0.491 e. The molecule has 0 aliphatic rings. The van der Waals surface area contributed by atoms with Crippen molar-refractivity contribution in [3.8, 4) is 5.75 Å². The third kappa shape index (κ3) is 4.40. The van der Waals surface area contributed by atoms with Crippen LogP contribution in [0.5, 0.6) is 5.75 Å². The number of hydrogen-bond donors (Lipinski definition) is 1. The zero-order chi connectivity index (χ0) is 19.6. The fourth-order valence-corrected chi connectivity index (χ4v) is 2.85. The van der Waals surface area contributed by atoms with Gasteiger partial charge in [-0.1, -0.05) is 32.9 Å². The summed E-state index contributed by atoms with van der Waals surface area (Å²) < 4.78 is 7.19. The van der Waals surface area contributed by atoms with Crippen molar-refractivity contribution >= 4 is 5.69 Å². The fourth-order valence-electron chi connectivity index (χ4n) is 2.85. The Morgan fingerprint density at radius 2 is 1.96 bits per heavy atom. The molecule has 1 heterocycles. The van der Waals surface area contributed by atoms with Crippen LogP contribution in [0.1, 0.15) is 43.3 Å². The predicted octanol–water partition coefficient (Wildman–Crippen LogP) is 3.45. The van der Waals surface area contributed by atoms with E-state index in [9.17, 15) is 15.2 Å². The highest BCUT2D eigenvalue weighted by Crippen LogP contribution is 2.27. The van der Waals surface area contributed by atoms with Gasteiger partial charge in [0.05, 0.1) is 11.5 Å². The summed E-state index contributed by atoms with van der Waals surface area (Å²) >= 11 is 0. The van der Waals surface area contributed by atoms with Gasteiger partial charge in [0, 0.05) is 0 Å². The number of hydrogen-bond acceptors (Lipinski definition) is 5. The summed E-state index contributed by atoms with van der Waals surface area (Å²) in [6, 6.07) is 6.03. The van der Waals surface area contributed by atoms with Crippen molar-refractivity contribution in [1.29, 1.82) is 0 Å². The van der Waals surface area contributed by atoms with Crippen molar-refractivity contribution in [3.63, 3.8) is 0 Å². The van der Waals surface area contributed by atoms with Gasteiger partial charge in [-0.25, -0.2) is 0 Å². The van der Waals surface area contributed by atoms with Crippen LogP contribution < -0.4 is 4.74 Å². The number of aromatic nitrogens is 2. The highest BCUT2D eigenvalue weighted by molar-refractivity contribution is 5.40. The summed E-state index contributed by atoms with van der Waals surface area (Å²) in [6.45, 7) is 11.9. The summed E-state index contributed by atoms with van der Waals surface area (Å²) in [5.74, 6) is 0.719. The lowest BCUT2D eigenvalue weighted by Crippen LogP contribution is -2.25. The zero-order valence-electron chi connectivity index (χ0n) is 16.2. The van der Waals surface area contributed by atoms with Crippen LogP contribution in [0.3, 0.4) is 0 Å². The first-order valence-electron chi connectivity index (χ1n) is 8.61. The van der Waals surface area contributed by atoms with Crippen molar-refractivity contribution < 1.29 is 14.8 Å². The van der Waals surface area contributed by atoms with Crippen LogP contribution in [0.15, 0.2) is 18.2 Å². The number of ether oxygens (including phenoxy) is 1. The zero-order valence-corrected chi connectivity index (χ0v) is 16.2. The van der Waals surface area contributed by atoms with Gasteiger partial charge in [0.25, 0.3) is 0 Å². The molecule has 2 rings (SSSR count). The molecule has 142 valence electrons. The number of nitrogens with zero attached hydrogens (tertiary/aromatic N) is 3. The quantitative estimate of drug-likeness (QED) is 0.628. The summed E-state index contributed by atoms with van der Waals surface area (Å²) in [6.07, 6.45) is -0.825. The van der Waals surface area contributed by atoms with E-state index in [1.54, 1.807) is 13.8 Å². The molecule has 0 aliphatic heterocycles. The van der Waals surface area contributed by atoms with E-state index in [2.05, 4.69) is 31.9 Å². The molecule has 7 nitrogen and oxygen atoms in total. The molecule has 0 amide bonds. The molecule has 1 unspecified atom stereocenters. The summed E-state index contributed by atoms with van der Waals surface area (Å²) in [5.41, 5.74) is 3.05. The molecule has 0 saturated carbocycles. The van der Waals surface area contributed by atoms with E-state index in [1.807, 2.05) is 19.1 Å². The number of rotatable bonds is 6. The molecule has 0 fully saturated rings. The molecule has 1 N–H and O–H groups in total. The highest BCUT2D eigenvalue weighted by Gasteiger charge is 2.23. The van der Waals surface area contributed by atoms with Gasteiger partial charge in [-0.3, -0.25) is 14.8 Å². The molecule has 0 aliphatic carbocycles. The average Bonchev–Trinajstić information content (AvgIpc) is 2.79. The highest BCUT2D eigenvalue weighted by atomic mass is 16.6. The number of aryl methyl sites for hydroxylation is 2.